The van der Waals surface area contributed by atoms with Crippen LogP contribution in [-0.2, 0) is 14.8 Å². The molecule has 0 aliphatic carbocycles. The second-order valence-electron chi connectivity index (χ2n) is 3.30. The van der Waals surface area contributed by atoms with Gasteiger partial charge in [-0.25, -0.2) is 17.9 Å². The summed E-state index contributed by atoms with van der Waals surface area (Å²) in [6.07, 6.45) is 1.03. The summed E-state index contributed by atoms with van der Waals surface area (Å²) >= 11 is 1.06. The van der Waals surface area contributed by atoms with Crippen LogP contribution in [0, 0.1) is 0 Å². The Hall–Kier alpha value is -1.87. The summed E-state index contributed by atoms with van der Waals surface area (Å²) < 4.78 is 35.5. The summed E-state index contributed by atoms with van der Waals surface area (Å²) in [6.45, 7) is 1.85. The highest BCUT2D eigenvalue weighted by Crippen LogP contribution is 2.19. The molecule has 0 fully saturated rings. The van der Waals surface area contributed by atoms with Gasteiger partial charge in [0.15, 0.2) is 5.69 Å². The van der Waals surface area contributed by atoms with Gasteiger partial charge >= 0.3 is 12.0 Å². The zero-order valence-electron chi connectivity index (χ0n) is 9.82. The Morgan fingerprint density at radius 3 is 3.00 bits per heavy atom. The van der Waals surface area contributed by atoms with Gasteiger partial charge in [0.1, 0.15) is 10.5 Å². The predicted octanol–water partition coefficient (Wildman–Crippen LogP) is 1.71. The summed E-state index contributed by atoms with van der Waals surface area (Å²) in [5.41, 5.74) is -0.0919. The maximum absolute atomic E-state index is 11.9. The monoisotopic (exact) mass is 302 g/mol. The van der Waals surface area contributed by atoms with Gasteiger partial charge in [-0.3, -0.25) is 0 Å². The number of sulfonamides is 1. The Kier molecular flexibility index (Phi) is 3.86. The lowest BCUT2D eigenvalue weighted by molar-refractivity contribution is 0.0519. The molecule has 2 aromatic heterocycles. The number of carbonyl (C=O) groups excluding carboxylic acids is 1. The maximum Gasteiger partial charge on any atom is 0.360 e. The van der Waals surface area contributed by atoms with Crippen LogP contribution in [0.2, 0.25) is 0 Å². The SMILES string of the molecule is CCOC(=O)c1coc(NS(=O)(=O)c2cccs2)n1. The molecular formula is C10H10N2O5S2. The van der Waals surface area contributed by atoms with Gasteiger partial charge in [-0.15, -0.1) is 11.3 Å². The van der Waals surface area contributed by atoms with Crippen LogP contribution in [-0.4, -0.2) is 26.0 Å². The number of hydrogen-bond acceptors (Lipinski definition) is 7. The highest BCUT2D eigenvalue weighted by Gasteiger charge is 2.20. The lowest BCUT2D eigenvalue weighted by Crippen LogP contribution is -2.12. The molecule has 0 saturated heterocycles. The van der Waals surface area contributed by atoms with Gasteiger partial charge in [0.2, 0.25) is 0 Å². The van der Waals surface area contributed by atoms with Gasteiger partial charge < -0.3 is 9.15 Å². The first-order chi connectivity index (χ1) is 9.03. The molecule has 0 bridgehead atoms. The van der Waals surface area contributed by atoms with Gasteiger partial charge in [-0.05, 0) is 18.4 Å². The van der Waals surface area contributed by atoms with Crippen molar-refractivity contribution < 1.29 is 22.4 Å². The van der Waals surface area contributed by atoms with Crippen molar-refractivity contribution in [1.82, 2.24) is 4.98 Å². The third-order valence-corrected chi connectivity index (χ3v) is 4.69. The van der Waals surface area contributed by atoms with Crippen LogP contribution in [0.25, 0.3) is 0 Å². The topological polar surface area (TPSA) is 98.5 Å². The molecule has 1 N–H and O–H groups in total. The van der Waals surface area contributed by atoms with Crippen molar-refractivity contribution in [3.63, 3.8) is 0 Å². The number of thiophene rings is 1. The number of rotatable bonds is 5. The van der Waals surface area contributed by atoms with E-state index in [0.29, 0.717) is 0 Å². The fourth-order valence-electron chi connectivity index (χ4n) is 1.20. The molecule has 0 unspecified atom stereocenters. The van der Waals surface area contributed by atoms with Crippen molar-refractivity contribution in [2.75, 3.05) is 11.3 Å². The Bertz CT molecular complexity index is 660. The molecular weight excluding hydrogens is 292 g/mol. The first-order valence-corrected chi connectivity index (χ1v) is 7.58. The van der Waals surface area contributed by atoms with E-state index in [1.54, 1.807) is 18.4 Å². The minimum absolute atomic E-state index is 0.0919. The molecule has 0 amide bonds. The fourth-order valence-corrected chi connectivity index (χ4v) is 3.13. The third-order valence-electron chi connectivity index (χ3n) is 1.97. The van der Waals surface area contributed by atoms with Gasteiger partial charge in [0, 0.05) is 0 Å². The van der Waals surface area contributed by atoms with Crippen LogP contribution in [0.4, 0.5) is 6.01 Å². The third kappa shape index (κ3) is 3.12. The Labute approximate surface area is 113 Å². The molecule has 2 rings (SSSR count). The molecule has 0 saturated carbocycles. The Morgan fingerprint density at radius 1 is 1.58 bits per heavy atom. The van der Waals surface area contributed by atoms with Crippen molar-refractivity contribution >= 4 is 33.3 Å². The summed E-state index contributed by atoms with van der Waals surface area (Å²) in [7, 11) is -3.73. The smallest absolute Gasteiger partial charge is 0.360 e. The molecule has 0 aromatic carbocycles. The second kappa shape index (κ2) is 5.41. The summed E-state index contributed by atoms with van der Waals surface area (Å²) in [4.78, 5) is 15.0. The number of oxazole rings is 1. The first kappa shape index (κ1) is 13.6. The summed E-state index contributed by atoms with van der Waals surface area (Å²) in [5.74, 6) is -0.673. The number of esters is 1. The normalized spacial score (nSPS) is 11.2. The highest BCUT2D eigenvalue weighted by molar-refractivity contribution is 7.94. The van der Waals surface area contributed by atoms with E-state index in [9.17, 15) is 13.2 Å². The molecule has 0 atom stereocenters. The summed E-state index contributed by atoms with van der Waals surface area (Å²) in [6, 6.07) is 2.78. The largest absolute Gasteiger partial charge is 0.461 e. The number of hydrogen-bond donors (Lipinski definition) is 1. The van der Waals surface area contributed by atoms with Gasteiger partial charge in [0.25, 0.3) is 10.0 Å². The molecule has 19 heavy (non-hydrogen) atoms. The van der Waals surface area contributed by atoms with Crippen molar-refractivity contribution in [2.24, 2.45) is 0 Å². The van der Waals surface area contributed by atoms with Crippen LogP contribution < -0.4 is 4.72 Å². The molecule has 0 radical (unpaired) electrons. The zero-order chi connectivity index (χ0) is 13.9. The maximum atomic E-state index is 11.9. The molecule has 102 valence electrons. The number of carbonyl (C=O) groups is 1. The minimum Gasteiger partial charge on any atom is -0.461 e. The molecule has 0 spiro atoms. The minimum atomic E-state index is -3.73. The van der Waals surface area contributed by atoms with Crippen molar-refractivity contribution in [3.05, 3.63) is 29.5 Å². The molecule has 2 aromatic rings. The van der Waals surface area contributed by atoms with Crippen molar-refractivity contribution in [1.29, 1.82) is 0 Å². The van der Waals surface area contributed by atoms with Crippen molar-refractivity contribution in [3.8, 4) is 0 Å². The number of aromatic nitrogens is 1. The number of nitrogens with zero attached hydrogens (tertiary/aromatic N) is 1. The predicted molar refractivity (Wildman–Crippen MR) is 67.6 cm³/mol. The zero-order valence-corrected chi connectivity index (χ0v) is 11.5. The van der Waals surface area contributed by atoms with E-state index in [4.69, 9.17) is 9.15 Å². The molecule has 0 aliphatic heterocycles. The number of ether oxygens (including phenoxy) is 1. The number of anilines is 1. The van der Waals surface area contributed by atoms with E-state index in [-0.39, 0.29) is 22.5 Å². The van der Waals surface area contributed by atoms with E-state index in [1.807, 2.05) is 0 Å². The van der Waals surface area contributed by atoms with Gasteiger partial charge in [0.05, 0.1) is 6.61 Å². The van der Waals surface area contributed by atoms with Gasteiger partial charge in [-0.2, -0.15) is 4.98 Å². The quantitative estimate of drug-likeness (QED) is 0.844. The highest BCUT2D eigenvalue weighted by atomic mass is 32.2. The lowest BCUT2D eigenvalue weighted by Gasteiger charge is -2.00. The van der Waals surface area contributed by atoms with Gasteiger partial charge in [-0.1, -0.05) is 6.07 Å². The Balaban J connectivity index is 2.15. The average molecular weight is 302 g/mol. The van der Waals surface area contributed by atoms with E-state index in [2.05, 4.69) is 9.71 Å². The fraction of sp³-hybridized carbons (Fsp3) is 0.200. The Morgan fingerprint density at radius 2 is 2.37 bits per heavy atom. The molecule has 7 nitrogen and oxygen atoms in total. The van der Waals surface area contributed by atoms with Crippen LogP contribution in [0.3, 0.4) is 0 Å². The molecule has 9 heteroatoms. The van der Waals surface area contributed by atoms with E-state index in [0.717, 1.165) is 17.6 Å². The molecule has 0 aliphatic rings. The average Bonchev–Trinajstić information content (AvgIpc) is 2.98. The standard InChI is InChI=1S/C10H10N2O5S2/c1-2-16-9(13)7-6-17-10(11-7)12-19(14,15)8-4-3-5-18-8/h3-6H,2H2,1H3,(H,11,12). The van der Waals surface area contributed by atoms with Crippen LogP contribution in [0.1, 0.15) is 17.4 Å². The van der Waals surface area contributed by atoms with E-state index >= 15 is 0 Å². The van der Waals surface area contributed by atoms with E-state index in [1.165, 1.54) is 6.07 Å². The number of nitrogens with one attached hydrogen (secondary N) is 1. The van der Waals surface area contributed by atoms with Crippen LogP contribution in [0.15, 0.2) is 32.4 Å². The first-order valence-electron chi connectivity index (χ1n) is 5.22. The second-order valence-corrected chi connectivity index (χ2v) is 6.15. The van der Waals surface area contributed by atoms with Crippen LogP contribution in [0.5, 0.6) is 0 Å². The van der Waals surface area contributed by atoms with E-state index < -0.39 is 16.0 Å². The van der Waals surface area contributed by atoms with Crippen molar-refractivity contribution in [2.45, 2.75) is 11.1 Å². The molecule has 2 heterocycles. The lowest BCUT2D eigenvalue weighted by atomic mass is 10.5. The summed E-state index contributed by atoms with van der Waals surface area (Å²) in [5, 5.41) is 1.63. The van der Waals surface area contributed by atoms with Crippen LogP contribution >= 0.6 is 11.3 Å².